The Balaban J connectivity index is 0.00000324. The molecule has 2 aromatic carbocycles. The van der Waals surface area contributed by atoms with Gasteiger partial charge in [0.2, 0.25) is 0 Å². The van der Waals surface area contributed by atoms with Crippen LogP contribution < -0.4 is 0 Å². The number of carbonyl (C=O) groups excluding carboxylic acids is 1. The summed E-state index contributed by atoms with van der Waals surface area (Å²) in [5.74, 6) is -2.38. The van der Waals surface area contributed by atoms with Gasteiger partial charge in [-0.05, 0) is 22.3 Å². The predicted molar refractivity (Wildman–Crippen MR) is 125 cm³/mol. The molecule has 0 fully saturated rings. The van der Waals surface area contributed by atoms with E-state index in [9.17, 15) is 19.5 Å². The standard InChI is InChI=1S/C24H23N3O6.ClH/c1-26(21(23(30)31)10-15-11-27(14-25-15)12-22(28)29)24(32)33-13-20-18-8-4-2-6-16(18)17-7-3-5-9-19(17)20;/h2-9,11,14,20-21H,10,12-13H2,1H3,(H,28,29)(H,30,31);1H. The summed E-state index contributed by atoms with van der Waals surface area (Å²) in [7, 11) is 1.37. The van der Waals surface area contributed by atoms with Crippen molar-refractivity contribution in [2.24, 2.45) is 0 Å². The minimum absolute atomic E-state index is 0. The number of aromatic nitrogens is 2. The number of ether oxygens (including phenoxy) is 1. The highest BCUT2D eigenvalue weighted by Gasteiger charge is 2.32. The van der Waals surface area contributed by atoms with E-state index in [-0.39, 0.29) is 37.9 Å². The van der Waals surface area contributed by atoms with Crippen molar-refractivity contribution < 1.29 is 29.3 Å². The lowest BCUT2D eigenvalue weighted by Gasteiger charge is -2.24. The van der Waals surface area contributed by atoms with E-state index in [0.29, 0.717) is 5.69 Å². The van der Waals surface area contributed by atoms with Gasteiger partial charge < -0.3 is 19.5 Å². The number of hydrogen-bond donors (Lipinski definition) is 2. The Labute approximate surface area is 202 Å². The fraction of sp³-hybridized carbons (Fsp3) is 0.250. The molecule has 3 aromatic rings. The van der Waals surface area contributed by atoms with Crippen molar-refractivity contribution >= 4 is 30.4 Å². The molecular weight excluding hydrogens is 462 g/mol. The van der Waals surface area contributed by atoms with Crippen molar-refractivity contribution in [3.63, 3.8) is 0 Å². The molecule has 0 saturated carbocycles. The zero-order valence-corrected chi connectivity index (χ0v) is 19.1. The number of carbonyl (C=O) groups is 3. The lowest BCUT2D eigenvalue weighted by atomic mass is 9.98. The SMILES string of the molecule is CN(C(=O)OCC1c2ccccc2-c2ccccc21)C(Cc1cn(CC(=O)O)cn1)C(=O)O.Cl. The molecule has 1 aliphatic carbocycles. The van der Waals surface area contributed by atoms with E-state index in [2.05, 4.69) is 4.98 Å². The smallest absolute Gasteiger partial charge is 0.410 e. The third-order valence-electron chi connectivity index (χ3n) is 5.78. The van der Waals surface area contributed by atoms with E-state index < -0.39 is 24.1 Å². The molecular formula is C24H24ClN3O6. The topological polar surface area (TPSA) is 122 Å². The molecule has 1 aliphatic rings. The normalized spacial score (nSPS) is 12.7. The third kappa shape index (κ3) is 5.04. The van der Waals surface area contributed by atoms with Crippen LogP contribution in [-0.4, -0.2) is 62.4 Å². The Morgan fingerprint density at radius 1 is 1.06 bits per heavy atom. The van der Waals surface area contributed by atoms with Gasteiger partial charge in [0.15, 0.2) is 0 Å². The summed E-state index contributed by atoms with van der Waals surface area (Å²) in [4.78, 5) is 40.5. The summed E-state index contributed by atoms with van der Waals surface area (Å²) in [5.41, 5.74) is 4.69. The number of fused-ring (bicyclic) bond motifs is 3. The Bertz CT molecular complexity index is 1170. The van der Waals surface area contributed by atoms with E-state index in [1.807, 2.05) is 48.5 Å². The van der Waals surface area contributed by atoms with Gasteiger partial charge in [-0.3, -0.25) is 9.69 Å². The molecule has 1 atom stereocenters. The van der Waals surface area contributed by atoms with Gasteiger partial charge in [0.05, 0.1) is 12.0 Å². The van der Waals surface area contributed by atoms with Crippen LogP contribution in [0.25, 0.3) is 11.1 Å². The molecule has 0 aliphatic heterocycles. The molecule has 0 radical (unpaired) electrons. The summed E-state index contributed by atoms with van der Waals surface area (Å²) in [6.45, 7) is -0.205. The maximum absolute atomic E-state index is 12.7. The molecule has 1 unspecified atom stereocenters. The number of nitrogens with zero attached hydrogens (tertiary/aromatic N) is 3. The van der Waals surface area contributed by atoms with E-state index in [0.717, 1.165) is 27.2 Å². The largest absolute Gasteiger partial charge is 0.480 e. The van der Waals surface area contributed by atoms with Gasteiger partial charge in [0.25, 0.3) is 0 Å². The number of halogens is 1. The minimum atomic E-state index is -1.21. The van der Waals surface area contributed by atoms with Gasteiger partial charge in [-0.25, -0.2) is 14.6 Å². The molecule has 0 spiro atoms. The second-order valence-electron chi connectivity index (χ2n) is 7.90. The van der Waals surface area contributed by atoms with E-state index in [4.69, 9.17) is 9.84 Å². The molecule has 10 heteroatoms. The first-order valence-corrected chi connectivity index (χ1v) is 10.4. The van der Waals surface area contributed by atoms with E-state index >= 15 is 0 Å². The van der Waals surface area contributed by atoms with Crippen molar-refractivity contribution in [3.05, 3.63) is 77.9 Å². The number of carboxylic acid groups (broad SMARTS) is 2. The molecule has 4 rings (SSSR count). The number of rotatable bonds is 8. The Morgan fingerprint density at radius 3 is 2.21 bits per heavy atom. The summed E-state index contributed by atoms with van der Waals surface area (Å²) < 4.78 is 6.89. The third-order valence-corrected chi connectivity index (χ3v) is 5.78. The van der Waals surface area contributed by atoms with E-state index in [1.54, 1.807) is 0 Å². The van der Waals surface area contributed by atoms with Crippen LogP contribution in [0.1, 0.15) is 22.7 Å². The average molecular weight is 486 g/mol. The lowest BCUT2D eigenvalue weighted by molar-refractivity contribution is -0.142. The molecule has 1 aromatic heterocycles. The first-order chi connectivity index (χ1) is 15.8. The minimum Gasteiger partial charge on any atom is -0.480 e. The van der Waals surface area contributed by atoms with Crippen molar-refractivity contribution in [1.29, 1.82) is 0 Å². The average Bonchev–Trinajstić information content (AvgIpc) is 3.36. The van der Waals surface area contributed by atoms with Gasteiger partial charge in [-0.15, -0.1) is 12.4 Å². The fourth-order valence-electron chi connectivity index (χ4n) is 4.17. The second kappa shape index (κ2) is 10.4. The van der Waals surface area contributed by atoms with Gasteiger partial charge in [0, 0.05) is 25.6 Å². The van der Waals surface area contributed by atoms with Gasteiger partial charge in [0.1, 0.15) is 19.2 Å². The Hall–Kier alpha value is -3.85. The van der Waals surface area contributed by atoms with Crippen LogP contribution in [-0.2, 0) is 27.3 Å². The van der Waals surface area contributed by atoms with Crippen LogP contribution in [0.2, 0.25) is 0 Å². The maximum Gasteiger partial charge on any atom is 0.410 e. The molecule has 0 bridgehead atoms. The van der Waals surface area contributed by atoms with Crippen molar-refractivity contribution in [1.82, 2.24) is 14.5 Å². The van der Waals surface area contributed by atoms with Crippen LogP contribution in [0.4, 0.5) is 4.79 Å². The van der Waals surface area contributed by atoms with Crippen LogP contribution in [0.15, 0.2) is 61.1 Å². The molecule has 1 heterocycles. The molecule has 2 N–H and O–H groups in total. The summed E-state index contributed by atoms with van der Waals surface area (Å²) in [6.07, 6.45) is 1.93. The lowest BCUT2D eigenvalue weighted by Crippen LogP contribution is -2.44. The Kier molecular flexibility index (Phi) is 7.57. The zero-order valence-electron chi connectivity index (χ0n) is 18.3. The predicted octanol–water partition coefficient (Wildman–Crippen LogP) is 3.27. The Morgan fingerprint density at radius 2 is 1.65 bits per heavy atom. The van der Waals surface area contributed by atoms with Crippen LogP contribution >= 0.6 is 12.4 Å². The second-order valence-corrected chi connectivity index (χ2v) is 7.90. The quantitative estimate of drug-likeness (QED) is 0.502. The summed E-state index contributed by atoms with van der Waals surface area (Å²) in [6, 6.07) is 14.7. The van der Waals surface area contributed by atoms with Crippen LogP contribution in [0, 0.1) is 0 Å². The molecule has 0 saturated heterocycles. The first kappa shape index (κ1) is 24.8. The van der Waals surface area contributed by atoms with E-state index in [1.165, 1.54) is 24.1 Å². The number of benzene rings is 2. The van der Waals surface area contributed by atoms with Crippen molar-refractivity contribution in [3.8, 4) is 11.1 Å². The van der Waals surface area contributed by atoms with Crippen LogP contribution in [0.3, 0.4) is 0 Å². The highest BCUT2D eigenvalue weighted by molar-refractivity contribution is 5.85. The number of carboxylic acids is 2. The number of likely N-dealkylation sites (N-methyl/N-ethyl adjacent to an activating group) is 1. The zero-order chi connectivity index (χ0) is 23.5. The van der Waals surface area contributed by atoms with Gasteiger partial charge in [-0.2, -0.15) is 0 Å². The number of hydrogen-bond acceptors (Lipinski definition) is 5. The number of imidazole rings is 1. The fourth-order valence-corrected chi connectivity index (χ4v) is 4.17. The maximum atomic E-state index is 12.7. The molecule has 1 amide bonds. The number of amides is 1. The summed E-state index contributed by atoms with van der Waals surface area (Å²) in [5, 5.41) is 18.5. The molecule has 9 nitrogen and oxygen atoms in total. The summed E-state index contributed by atoms with van der Waals surface area (Å²) >= 11 is 0. The van der Waals surface area contributed by atoms with Gasteiger partial charge in [-0.1, -0.05) is 48.5 Å². The van der Waals surface area contributed by atoms with Gasteiger partial charge >= 0.3 is 18.0 Å². The van der Waals surface area contributed by atoms with Crippen molar-refractivity contribution in [2.45, 2.75) is 24.9 Å². The number of aliphatic carboxylic acids is 2. The first-order valence-electron chi connectivity index (χ1n) is 10.4. The van der Waals surface area contributed by atoms with Crippen molar-refractivity contribution in [2.75, 3.05) is 13.7 Å². The molecule has 178 valence electrons. The molecule has 34 heavy (non-hydrogen) atoms. The monoisotopic (exact) mass is 485 g/mol. The highest BCUT2D eigenvalue weighted by Crippen LogP contribution is 2.44. The van der Waals surface area contributed by atoms with Crippen LogP contribution in [0.5, 0.6) is 0 Å². The highest BCUT2D eigenvalue weighted by atomic mass is 35.5.